The van der Waals surface area contributed by atoms with Crippen LogP contribution in [0.3, 0.4) is 0 Å². The standard InChI is InChI=1S/C31H52N7O18P3S/c1-16(2)17(3)11-19(39)18(4)30(44)60-10-9-33-21(40)7-8-34-28(43)25(42)31(5,6)13-53-59(50,51)56-58(48,49)52-12-20-24(55-57(45,46)47)23(41)29(54-20)38-15-37-22-26(32)35-14-36-27(22)38/h14-16,18-20,23-25,29,39,41-42H,3,7-13H2,1-2,4-6H3,(H,33,40)(H,34,43)(H,48,49)(H,50,51)(H2,32,35,36)(H2,45,46,47)/t18?,19?,20-,23-,24-,25+,29-/m1/s1. The van der Waals surface area contributed by atoms with Gasteiger partial charge in [-0.25, -0.2) is 28.6 Å². The highest BCUT2D eigenvalue weighted by Crippen LogP contribution is 2.61. The molecule has 1 aliphatic heterocycles. The number of ether oxygens (including phenoxy) is 1. The first-order chi connectivity index (χ1) is 27.6. The highest BCUT2D eigenvalue weighted by atomic mass is 32.2. The van der Waals surface area contributed by atoms with Crippen molar-refractivity contribution >= 4 is 69.1 Å². The third kappa shape index (κ3) is 15.3. The van der Waals surface area contributed by atoms with Crippen LogP contribution in [0.4, 0.5) is 5.82 Å². The summed E-state index contributed by atoms with van der Waals surface area (Å²) in [5, 5.41) is 36.5. The van der Waals surface area contributed by atoms with Crippen LogP contribution in [0.15, 0.2) is 24.8 Å². The van der Waals surface area contributed by atoms with E-state index in [2.05, 4.69) is 41.0 Å². The summed E-state index contributed by atoms with van der Waals surface area (Å²) >= 11 is 0.952. The number of amides is 2. The first kappa shape index (κ1) is 51.6. The van der Waals surface area contributed by atoms with Gasteiger partial charge in [-0.2, -0.15) is 4.31 Å². The van der Waals surface area contributed by atoms with E-state index < -0.39 is 96.6 Å². The number of anilines is 1. The number of hydrogen-bond acceptors (Lipinski definition) is 19. The van der Waals surface area contributed by atoms with Gasteiger partial charge in [-0.15, -0.1) is 0 Å². The second-order valence-electron chi connectivity index (χ2n) is 14.6. The quantitative estimate of drug-likeness (QED) is 0.0383. The van der Waals surface area contributed by atoms with E-state index in [4.69, 9.17) is 19.5 Å². The number of aliphatic hydroxyl groups is 3. The molecule has 3 heterocycles. The molecule has 60 heavy (non-hydrogen) atoms. The van der Waals surface area contributed by atoms with E-state index in [9.17, 15) is 63.0 Å². The van der Waals surface area contributed by atoms with E-state index in [0.29, 0.717) is 6.42 Å². The largest absolute Gasteiger partial charge is 0.481 e. The zero-order valence-electron chi connectivity index (χ0n) is 33.2. The smallest absolute Gasteiger partial charge is 0.392 e. The first-order valence-electron chi connectivity index (χ1n) is 18.1. The summed E-state index contributed by atoms with van der Waals surface area (Å²) in [6.45, 7) is 9.71. The molecule has 2 aromatic heterocycles. The second kappa shape index (κ2) is 21.6. The maximum atomic E-state index is 12.7. The van der Waals surface area contributed by atoms with Crippen molar-refractivity contribution in [1.82, 2.24) is 30.2 Å². The highest BCUT2D eigenvalue weighted by molar-refractivity contribution is 8.13. The molecule has 0 radical (unpaired) electrons. The molecule has 29 heteroatoms. The van der Waals surface area contributed by atoms with Crippen molar-refractivity contribution in [3.63, 3.8) is 0 Å². The van der Waals surface area contributed by atoms with Gasteiger partial charge < -0.3 is 56.0 Å². The molecule has 1 fully saturated rings. The van der Waals surface area contributed by atoms with Crippen molar-refractivity contribution in [2.45, 2.75) is 84.2 Å². The van der Waals surface area contributed by atoms with Gasteiger partial charge in [0.1, 0.15) is 36.3 Å². The third-order valence-corrected chi connectivity index (χ3v) is 13.1. The molecule has 0 saturated carbocycles. The fourth-order valence-electron chi connectivity index (χ4n) is 5.25. The predicted molar refractivity (Wildman–Crippen MR) is 211 cm³/mol. The molecule has 0 bridgehead atoms. The summed E-state index contributed by atoms with van der Waals surface area (Å²) < 4.78 is 62.2. The van der Waals surface area contributed by atoms with Crippen LogP contribution in [0, 0.1) is 17.3 Å². The lowest BCUT2D eigenvalue weighted by Gasteiger charge is -2.30. The average molecular weight is 936 g/mol. The third-order valence-electron chi connectivity index (χ3n) is 8.98. The van der Waals surface area contributed by atoms with Crippen LogP contribution >= 0.6 is 35.2 Å². The number of imidazole rings is 1. The Hall–Kier alpha value is -2.74. The Morgan fingerprint density at radius 3 is 2.32 bits per heavy atom. The van der Waals surface area contributed by atoms with Crippen LogP contribution in [0.25, 0.3) is 11.2 Å². The number of phosphoric ester groups is 3. The number of carbonyl (C=O) groups excluding carboxylic acids is 3. The number of nitrogens with zero attached hydrogens (tertiary/aromatic N) is 4. The summed E-state index contributed by atoms with van der Waals surface area (Å²) in [7, 11) is -16.4. The summed E-state index contributed by atoms with van der Waals surface area (Å²) in [5.41, 5.74) is 5.06. The van der Waals surface area contributed by atoms with Crippen LogP contribution < -0.4 is 16.4 Å². The Morgan fingerprint density at radius 1 is 1.03 bits per heavy atom. The Bertz CT molecular complexity index is 1980. The van der Waals surface area contributed by atoms with Crippen molar-refractivity contribution in [1.29, 1.82) is 0 Å². The topological polar surface area (TPSA) is 384 Å². The molecule has 0 aliphatic carbocycles. The first-order valence-corrected chi connectivity index (χ1v) is 23.6. The summed E-state index contributed by atoms with van der Waals surface area (Å²) in [5.74, 6) is -1.78. The zero-order valence-corrected chi connectivity index (χ0v) is 36.7. The molecule has 9 atom stereocenters. The molecule has 11 N–H and O–H groups in total. The van der Waals surface area contributed by atoms with Crippen LogP contribution in [0.2, 0.25) is 0 Å². The van der Waals surface area contributed by atoms with Crippen molar-refractivity contribution < 1.29 is 85.6 Å². The number of nitrogen functional groups attached to an aromatic ring is 1. The fourth-order valence-corrected chi connectivity index (χ4v) is 8.91. The zero-order chi connectivity index (χ0) is 45.4. The Labute approximate surface area is 348 Å². The number of nitrogens with one attached hydrogen (secondary N) is 2. The minimum absolute atomic E-state index is 0.0244. The average Bonchev–Trinajstić information content (AvgIpc) is 3.70. The minimum Gasteiger partial charge on any atom is -0.392 e. The normalized spacial score (nSPS) is 22.1. The maximum Gasteiger partial charge on any atom is 0.481 e. The molecular weight excluding hydrogens is 883 g/mol. The molecule has 0 spiro atoms. The lowest BCUT2D eigenvalue weighted by molar-refractivity contribution is -0.137. The van der Waals surface area contributed by atoms with Gasteiger partial charge in [0.25, 0.3) is 0 Å². The fraction of sp³-hybridized carbons (Fsp3) is 0.677. The molecule has 340 valence electrons. The Kier molecular flexibility index (Phi) is 18.5. The molecule has 25 nitrogen and oxygen atoms in total. The van der Waals surface area contributed by atoms with E-state index in [1.54, 1.807) is 6.92 Å². The molecule has 1 saturated heterocycles. The molecule has 3 rings (SSSR count). The van der Waals surface area contributed by atoms with Gasteiger partial charge in [0.05, 0.1) is 31.6 Å². The molecule has 2 amide bonds. The highest BCUT2D eigenvalue weighted by Gasteiger charge is 2.50. The van der Waals surface area contributed by atoms with Crippen molar-refractivity contribution in [3.05, 3.63) is 24.8 Å². The van der Waals surface area contributed by atoms with Crippen LogP contribution in [0.1, 0.15) is 53.7 Å². The number of carbonyl (C=O) groups is 3. The number of phosphoric acid groups is 3. The molecular formula is C31H52N7O18P3S. The van der Waals surface area contributed by atoms with Gasteiger partial charge in [-0.05, 0) is 12.3 Å². The van der Waals surface area contributed by atoms with E-state index >= 15 is 0 Å². The van der Waals surface area contributed by atoms with Crippen molar-refractivity contribution in [3.8, 4) is 0 Å². The molecule has 0 aromatic carbocycles. The number of aliphatic hydroxyl groups excluding tert-OH is 3. The van der Waals surface area contributed by atoms with Gasteiger partial charge in [0.2, 0.25) is 11.8 Å². The summed E-state index contributed by atoms with van der Waals surface area (Å²) in [6, 6.07) is 0. The number of hydrogen-bond donors (Lipinski definition) is 10. The van der Waals surface area contributed by atoms with E-state index in [1.165, 1.54) is 13.8 Å². The van der Waals surface area contributed by atoms with Crippen LogP contribution in [-0.2, 0) is 50.7 Å². The lowest BCUT2D eigenvalue weighted by Crippen LogP contribution is -2.46. The predicted octanol–water partition coefficient (Wildman–Crippen LogP) is 0.264. The van der Waals surface area contributed by atoms with Gasteiger partial charge in [-0.1, -0.05) is 58.5 Å². The molecule has 2 aromatic rings. The SMILES string of the molecule is C=C(CC(O)C(C)C(=O)SCCNC(=O)CCNC(=O)[C@H](O)C(C)(C)COP(=O)(O)OP(=O)(O)OC[C@H]1O[C@@H](n2cnc3c(N)ncnc32)[C@H](O)[C@@H]1OP(=O)(O)O)C(C)C. The Morgan fingerprint density at radius 2 is 1.68 bits per heavy atom. The van der Waals surface area contributed by atoms with Gasteiger partial charge in [0.15, 0.2) is 22.8 Å². The lowest BCUT2D eigenvalue weighted by atomic mass is 9.87. The van der Waals surface area contributed by atoms with Crippen LogP contribution in [0.5, 0.6) is 0 Å². The van der Waals surface area contributed by atoms with Crippen LogP contribution in [-0.4, -0.2) is 134 Å². The van der Waals surface area contributed by atoms with E-state index in [-0.39, 0.29) is 53.3 Å². The van der Waals surface area contributed by atoms with Gasteiger partial charge >= 0.3 is 23.5 Å². The van der Waals surface area contributed by atoms with E-state index in [0.717, 1.165) is 34.6 Å². The maximum absolute atomic E-state index is 12.7. The van der Waals surface area contributed by atoms with Crippen molar-refractivity contribution in [2.24, 2.45) is 17.3 Å². The number of rotatable bonds is 24. The molecule has 1 aliphatic rings. The number of fused-ring (bicyclic) bond motifs is 1. The molecule has 4 unspecified atom stereocenters. The Balaban J connectivity index is 1.45. The number of aromatic nitrogens is 4. The number of thioether (sulfide) groups is 1. The second-order valence-corrected chi connectivity index (χ2v) is 19.9. The van der Waals surface area contributed by atoms with Crippen molar-refractivity contribution in [2.75, 3.05) is 37.8 Å². The van der Waals surface area contributed by atoms with E-state index in [1.807, 2.05) is 13.8 Å². The minimum atomic E-state index is -5.59. The monoisotopic (exact) mass is 935 g/mol. The summed E-state index contributed by atoms with van der Waals surface area (Å²) in [6.07, 6.45) is -7.61. The van der Waals surface area contributed by atoms with Gasteiger partial charge in [-0.3, -0.25) is 32.5 Å². The number of nitrogens with two attached hydrogens (primary N) is 1. The summed E-state index contributed by atoms with van der Waals surface area (Å²) in [4.78, 5) is 88.3. The van der Waals surface area contributed by atoms with Gasteiger partial charge in [0, 0.05) is 30.7 Å².